The minimum atomic E-state index is -0.338. The number of carbonyl (C=O) groups is 1. The highest BCUT2D eigenvalue weighted by Gasteiger charge is 2.33. The van der Waals surface area contributed by atoms with Gasteiger partial charge >= 0.3 is 0 Å². The van der Waals surface area contributed by atoms with Gasteiger partial charge in [-0.15, -0.1) is 0 Å². The maximum atomic E-state index is 13.4. The summed E-state index contributed by atoms with van der Waals surface area (Å²) in [7, 11) is 1.61. The van der Waals surface area contributed by atoms with Gasteiger partial charge in [-0.05, 0) is 35.4 Å². The number of carbonyl (C=O) groups excluding carboxylic acids is 1. The van der Waals surface area contributed by atoms with E-state index in [9.17, 15) is 4.79 Å². The van der Waals surface area contributed by atoms with Crippen molar-refractivity contribution in [1.29, 1.82) is 0 Å². The summed E-state index contributed by atoms with van der Waals surface area (Å²) in [6.45, 7) is 4.56. The maximum absolute atomic E-state index is 13.4. The van der Waals surface area contributed by atoms with Crippen LogP contribution in [0.3, 0.4) is 0 Å². The molecular weight excluding hydrogens is 376 g/mol. The van der Waals surface area contributed by atoms with E-state index < -0.39 is 0 Å². The molecule has 0 saturated carbocycles. The number of rotatable bonds is 7. The van der Waals surface area contributed by atoms with Gasteiger partial charge in [-0.3, -0.25) is 4.79 Å². The Labute approximate surface area is 176 Å². The third kappa shape index (κ3) is 3.87. The molecular formula is C25H24N2O3. The van der Waals surface area contributed by atoms with E-state index in [1.165, 1.54) is 0 Å². The summed E-state index contributed by atoms with van der Waals surface area (Å²) in [5.74, 6) is 1.24. The Kier molecular flexibility index (Phi) is 5.70. The zero-order valence-electron chi connectivity index (χ0n) is 16.9. The Morgan fingerprint density at radius 3 is 2.57 bits per heavy atom. The molecule has 1 aliphatic rings. The molecule has 0 aliphatic carbocycles. The van der Waals surface area contributed by atoms with Crippen LogP contribution in [0.25, 0.3) is 0 Å². The summed E-state index contributed by atoms with van der Waals surface area (Å²) in [5.41, 5.74) is 3.47. The van der Waals surface area contributed by atoms with E-state index >= 15 is 0 Å². The number of nitrogens with one attached hydrogen (secondary N) is 1. The summed E-state index contributed by atoms with van der Waals surface area (Å²) in [6.07, 6.45) is 1.35. The first-order chi connectivity index (χ1) is 14.7. The van der Waals surface area contributed by atoms with Gasteiger partial charge in [0, 0.05) is 12.2 Å². The lowest BCUT2D eigenvalue weighted by atomic mass is 10.0. The highest BCUT2D eigenvalue weighted by atomic mass is 16.5. The predicted octanol–water partition coefficient (Wildman–Crippen LogP) is 5.03. The average molecular weight is 400 g/mol. The number of anilines is 1. The van der Waals surface area contributed by atoms with E-state index in [1.807, 2.05) is 77.7 Å². The normalized spacial score (nSPS) is 15.2. The number of methoxy groups -OCH3 is 1. The summed E-state index contributed by atoms with van der Waals surface area (Å²) >= 11 is 0. The molecule has 0 radical (unpaired) electrons. The van der Waals surface area contributed by atoms with E-state index in [0.717, 1.165) is 16.8 Å². The Hall–Kier alpha value is -3.73. The quantitative estimate of drug-likeness (QED) is 0.566. The molecule has 3 aromatic carbocycles. The third-order valence-electron chi connectivity index (χ3n) is 5.08. The van der Waals surface area contributed by atoms with E-state index in [4.69, 9.17) is 9.47 Å². The molecule has 0 saturated heterocycles. The van der Waals surface area contributed by atoms with Crippen LogP contribution < -0.4 is 14.8 Å². The molecule has 1 unspecified atom stereocenters. The van der Waals surface area contributed by atoms with Crippen LogP contribution >= 0.6 is 0 Å². The Balaban J connectivity index is 1.73. The first-order valence-electron chi connectivity index (χ1n) is 9.83. The molecule has 3 aromatic rings. The van der Waals surface area contributed by atoms with E-state index in [2.05, 4.69) is 11.9 Å². The van der Waals surface area contributed by atoms with Gasteiger partial charge < -0.3 is 19.7 Å². The molecule has 0 fully saturated rings. The van der Waals surface area contributed by atoms with Gasteiger partial charge in [0.2, 0.25) is 0 Å². The van der Waals surface area contributed by atoms with Crippen molar-refractivity contribution < 1.29 is 14.3 Å². The minimum absolute atomic E-state index is 0.0100. The summed E-state index contributed by atoms with van der Waals surface area (Å²) in [5, 5.41) is 3.52. The molecule has 5 nitrogen and oxygen atoms in total. The Bertz CT molecular complexity index is 1050. The maximum Gasteiger partial charge on any atom is 0.258 e. The molecule has 1 heterocycles. The summed E-state index contributed by atoms with van der Waals surface area (Å²) in [4.78, 5) is 15.2. The fourth-order valence-corrected chi connectivity index (χ4v) is 3.62. The molecule has 1 aliphatic heterocycles. The Morgan fingerprint density at radius 1 is 1.03 bits per heavy atom. The van der Waals surface area contributed by atoms with Crippen molar-refractivity contribution in [1.82, 2.24) is 4.90 Å². The zero-order valence-corrected chi connectivity index (χ0v) is 16.9. The van der Waals surface area contributed by atoms with Gasteiger partial charge in [0.25, 0.3) is 5.91 Å². The van der Waals surface area contributed by atoms with Crippen molar-refractivity contribution in [3.63, 3.8) is 0 Å². The molecule has 1 amide bonds. The van der Waals surface area contributed by atoms with Gasteiger partial charge in [-0.2, -0.15) is 0 Å². The van der Waals surface area contributed by atoms with Gasteiger partial charge in [-0.25, -0.2) is 0 Å². The smallest absolute Gasteiger partial charge is 0.258 e. The molecule has 0 spiro atoms. The lowest BCUT2D eigenvalue weighted by molar-refractivity contribution is 0.0666. The second kappa shape index (κ2) is 8.74. The molecule has 1 N–H and O–H groups in total. The highest BCUT2D eigenvalue weighted by Crippen LogP contribution is 2.37. The van der Waals surface area contributed by atoms with Crippen molar-refractivity contribution in [3.8, 4) is 11.5 Å². The first-order valence-corrected chi connectivity index (χ1v) is 9.83. The molecule has 0 aromatic heterocycles. The number of ether oxygens (including phenoxy) is 2. The first kappa shape index (κ1) is 19.6. The van der Waals surface area contributed by atoms with Crippen LogP contribution in [-0.2, 0) is 6.54 Å². The number of benzene rings is 3. The number of fused-ring (bicyclic) bond motifs is 1. The van der Waals surface area contributed by atoms with Crippen LogP contribution in [0.1, 0.15) is 27.7 Å². The van der Waals surface area contributed by atoms with Crippen molar-refractivity contribution in [2.24, 2.45) is 0 Å². The van der Waals surface area contributed by atoms with Crippen LogP contribution in [0.5, 0.6) is 11.5 Å². The molecule has 4 rings (SSSR count). The van der Waals surface area contributed by atoms with Crippen molar-refractivity contribution in [2.45, 2.75) is 12.7 Å². The zero-order chi connectivity index (χ0) is 20.9. The summed E-state index contributed by atoms with van der Waals surface area (Å²) in [6, 6.07) is 23.3. The van der Waals surface area contributed by atoms with Crippen LogP contribution in [0, 0.1) is 0 Å². The lowest BCUT2D eigenvalue weighted by Crippen LogP contribution is -2.42. The van der Waals surface area contributed by atoms with Crippen molar-refractivity contribution >= 4 is 11.6 Å². The van der Waals surface area contributed by atoms with Crippen LogP contribution in [0.2, 0.25) is 0 Å². The molecule has 5 heteroatoms. The highest BCUT2D eigenvalue weighted by molar-refractivity contribution is 6.01. The summed E-state index contributed by atoms with van der Waals surface area (Å²) < 4.78 is 11.2. The lowest BCUT2D eigenvalue weighted by Gasteiger charge is -2.38. The van der Waals surface area contributed by atoms with Crippen molar-refractivity contribution in [2.75, 3.05) is 19.0 Å². The Morgan fingerprint density at radius 2 is 1.80 bits per heavy atom. The molecule has 0 bridgehead atoms. The van der Waals surface area contributed by atoms with Gasteiger partial charge in [0.1, 0.15) is 12.8 Å². The van der Waals surface area contributed by atoms with E-state index in [0.29, 0.717) is 30.2 Å². The van der Waals surface area contributed by atoms with Crippen LogP contribution in [0.4, 0.5) is 5.69 Å². The topological polar surface area (TPSA) is 50.8 Å². The second-order valence-electron chi connectivity index (χ2n) is 7.02. The monoisotopic (exact) mass is 400 g/mol. The van der Waals surface area contributed by atoms with Gasteiger partial charge in [-0.1, -0.05) is 61.2 Å². The third-order valence-corrected chi connectivity index (χ3v) is 5.08. The SMILES string of the molecule is C=CCOc1ccc(C2Nc3ccccc3C(=O)N2Cc2ccccc2)cc1OC. The molecule has 152 valence electrons. The fraction of sp³-hybridized carbons (Fsp3) is 0.160. The van der Waals surface area contributed by atoms with Gasteiger partial charge in [0.05, 0.1) is 12.7 Å². The molecule has 30 heavy (non-hydrogen) atoms. The van der Waals surface area contributed by atoms with Crippen molar-refractivity contribution in [3.05, 3.63) is 102 Å². The molecule has 1 atom stereocenters. The second-order valence-corrected chi connectivity index (χ2v) is 7.02. The standard InChI is InChI=1S/C25H24N2O3/c1-3-15-30-22-14-13-19(16-23(22)29-2)24-26-21-12-8-7-11-20(21)25(28)27(24)17-18-9-5-4-6-10-18/h3-14,16,24,26H,1,15,17H2,2H3. The number of amides is 1. The van der Waals surface area contributed by atoms with Gasteiger partial charge in [0.15, 0.2) is 11.5 Å². The minimum Gasteiger partial charge on any atom is -0.493 e. The van der Waals surface area contributed by atoms with Crippen LogP contribution in [-0.4, -0.2) is 24.5 Å². The number of hydrogen-bond donors (Lipinski definition) is 1. The number of para-hydroxylation sites is 1. The fourth-order valence-electron chi connectivity index (χ4n) is 3.62. The number of hydrogen-bond acceptors (Lipinski definition) is 4. The largest absolute Gasteiger partial charge is 0.493 e. The van der Waals surface area contributed by atoms with Crippen LogP contribution in [0.15, 0.2) is 85.5 Å². The average Bonchev–Trinajstić information content (AvgIpc) is 2.80. The predicted molar refractivity (Wildman–Crippen MR) is 118 cm³/mol. The number of nitrogens with zero attached hydrogens (tertiary/aromatic N) is 1. The van der Waals surface area contributed by atoms with E-state index in [-0.39, 0.29) is 12.1 Å². The van der Waals surface area contributed by atoms with E-state index in [1.54, 1.807) is 13.2 Å².